The van der Waals surface area contributed by atoms with Crippen molar-refractivity contribution < 1.29 is 9.59 Å². The van der Waals surface area contributed by atoms with Crippen molar-refractivity contribution in [3.8, 4) is 0 Å². The number of hydrazone groups is 1. The molecule has 5 heteroatoms. The van der Waals surface area contributed by atoms with E-state index in [0.29, 0.717) is 24.6 Å². The molecular formula is C11H17N3O2. The van der Waals surface area contributed by atoms with Crippen molar-refractivity contribution in [3.63, 3.8) is 0 Å². The molecule has 1 heterocycles. The molecule has 0 saturated heterocycles. The third kappa shape index (κ3) is 2.40. The van der Waals surface area contributed by atoms with Crippen LogP contribution in [0.4, 0.5) is 0 Å². The van der Waals surface area contributed by atoms with Crippen LogP contribution in [0.3, 0.4) is 0 Å². The van der Waals surface area contributed by atoms with Gasteiger partial charge in [-0.15, -0.1) is 0 Å². The molecule has 1 aliphatic carbocycles. The van der Waals surface area contributed by atoms with E-state index in [2.05, 4.69) is 10.4 Å². The highest BCUT2D eigenvalue weighted by Gasteiger charge is 2.24. The summed E-state index contributed by atoms with van der Waals surface area (Å²) in [6, 6.07) is 0.304. The van der Waals surface area contributed by atoms with Crippen molar-refractivity contribution in [2.24, 2.45) is 5.10 Å². The van der Waals surface area contributed by atoms with Gasteiger partial charge in [0.2, 0.25) is 5.91 Å². The summed E-state index contributed by atoms with van der Waals surface area (Å²) in [5.74, 6) is -0.135. The van der Waals surface area contributed by atoms with Crippen molar-refractivity contribution in [2.45, 2.75) is 44.6 Å². The normalized spacial score (nSPS) is 22.2. The van der Waals surface area contributed by atoms with Gasteiger partial charge in [0.25, 0.3) is 5.91 Å². The van der Waals surface area contributed by atoms with Crippen LogP contribution in [0, 0.1) is 0 Å². The van der Waals surface area contributed by atoms with Gasteiger partial charge in [-0.1, -0.05) is 12.8 Å². The Morgan fingerprint density at radius 3 is 2.69 bits per heavy atom. The summed E-state index contributed by atoms with van der Waals surface area (Å²) in [6.07, 6.45) is 5.35. The first-order chi connectivity index (χ1) is 7.66. The summed E-state index contributed by atoms with van der Waals surface area (Å²) < 4.78 is 0. The molecule has 88 valence electrons. The minimum absolute atomic E-state index is 0.0302. The fourth-order valence-electron chi connectivity index (χ4n) is 2.17. The van der Waals surface area contributed by atoms with Crippen LogP contribution in [0.25, 0.3) is 0 Å². The molecule has 0 spiro atoms. The number of carbonyl (C=O) groups is 2. The molecule has 0 aromatic heterocycles. The maximum Gasteiger partial charge on any atom is 0.267 e. The topological polar surface area (TPSA) is 61.8 Å². The van der Waals surface area contributed by atoms with Gasteiger partial charge in [-0.05, 0) is 12.8 Å². The van der Waals surface area contributed by atoms with E-state index in [-0.39, 0.29) is 11.8 Å². The molecule has 1 fully saturated rings. The first-order valence-electron chi connectivity index (χ1n) is 5.81. The van der Waals surface area contributed by atoms with E-state index in [4.69, 9.17) is 0 Å². The SMILES string of the molecule is CN1N=C(C(=O)NC2CCCC2)CCC1=O. The van der Waals surface area contributed by atoms with Gasteiger partial charge in [-0.2, -0.15) is 5.10 Å². The smallest absolute Gasteiger partial charge is 0.267 e. The minimum Gasteiger partial charge on any atom is -0.348 e. The van der Waals surface area contributed by atoms with Crippen molar-refractivity contribution in [3.05, 3.63) is 0 Å². The molecule has 0 radical (unpaired) electrons. The number of amides is 2. The molecular weight excluding hydrogens is 206 g/mol. The first kappa shape index (κ1) is 11.1. The Kier molecular flexibility index (Phi) is 3.22. The van der Waals surface area contributed by atoms with E-state index in [1.54, 1.807) is 7.05 Å². The maximum absolute atomic E-state index is 11.8. The Labute approximate surface area is 94.9 Å². The molecule has 1 N–H and O–H groups in total. The van der Waals surface area contributed by atoms with Crippen molar-refractivity contribution >= 4 is 17.5 Å². The molecule has 2 amide bonds. The van der Waals surface area contributed by atoms with Gasteiger partial charge in [0.1, 0.15) is 5.71 Å². The third-order valence-corrected chi connectivity index (χ3v) is 3.16. The summed E-state index contributed by atoms with van der Waals surface area (Å²) in [6.45, 7) is 0. The molecule has 0 unspecified atom stereocenters. The van der Waals surface area contributed by atoms with Crippen LogP contribution in [-0.4, -0.2) is 35.6 Å². The zero-order valence-electron chi connectivity index (χ0n) is 9.53. The second-order valence-corrected chi connectivity index (χ2v) is 4.42. The largest absolute Gasteiger partial charge is 0.348 e. The summed E-state index contributed by atoms with van der Waals surface area (Å²) in [5.41, 5.74) is 0.481. The Morgan fingerprint density at radius 1 is 1.38 bits per heavy atom. The van der Waals surface area contributed by atoms with Crippen LogP contribution in [0.1, 0.15) is 38.5 Å². The number of hydrogen-bond acceptors (Lipinski definition) is 3. The maximum atomic E-state index is 11.8. The molecule has 0 aromatic rings. The molecule has 0 atom stereocenters. The van der Waals surface area contributed by atoms with Crippen LogP contribution in [0.5, 0.6) is 0 Å². The predicted molar refractivity (Wildman–Crippen MR) is 59.8 cm³/mol. The van der Waals surface area contributed by atoms with E-state index in [1.165, 1.54) is 17.9 Å². The van der Waals surface area contributed by atoms with Crippen LogP contribution >= 0.6 is 0 Å². The second-order valence-electron chi connectivity index (χ2n) is 4.42. The Morgan fingerprint density at radius 2 is 2.06 bits per heavy atom. The number of nitrogens with zero attached hydrogens (tertiary/aromatic N) is 2. The van der Waals surface area contributed by atoms with Gasteiger partial charge < -0.3 is 5.32 Å². The lowest BCUT2D eigenvalue weighted by molar-refractivity contribution is -0.130. The molecule has 2 rings (SSSR count). The van der Waals surface area contributed by atoms with Gasteiger partial charge in [0, 0.05) is 25.9 Å². The van der Waals surface area contributed by atoms with Gasteiger partial charge in [0.15, 0.2) is 0 Å². The molecule has 0 bridgehead atoms. The lowest BCUT2D eigenvalue weighted by Gasteiger charge is -2.20. The van der Waals surface area contributed by atoms with E-state index in [0.717, 1.165) is 12.8 Å². The van der Waals surface area contributed by atoms with Gasteiger partial charge in [0.05, 0.1) is 0 Å². The van der Waals surface area contributed by atoms with Gasteiger partial charge in [-0.25, -0.2) is 5.01 Å². The summed E-state index contributed by atoms with van der Waals surface area (Å²) in [7, 11) is 1.59. The van der Waals surface area contributed by atoms with Crippen molar-refractivity contribution in [1.29, 1.82) is 0 Å². The summed E-state index contributed by atoms with van der Waals surface area (Å²) in [5, 5.41) is 8.23. The standard InChI is InChI=1S/C11H17N3O2/c1-14-10(15)7-6-9(13-14)11(16)12-8-4-2-3-5-8/h8H,2-7H2,1H3,(H,12,16). The lowest BCUT2D eigenvalue weighted by atomic mass is 10.1. The molecule has 2 aliphatic rings. The monoisotopic (exact) mass is 223 g/mol. The van der Waals surface area contributed by atoms with E-state index in [9.17, 15) is 9.59 Å². The van der Waals surface area contributed by atoms with E-state index < -0.39 is 0 Å². The number of hydrogen-bond donors (Lipinski definition) is 1. The first-order valence-corrected chi connectivity index (χ1v) is 5.81. The van der Waals surface area contributed by atoms with Gasteiger partial charge in [-0.3, -0.25) is 9.59 Å². The Bertz CT molecular complexity index is 332. The van der Waals surface area contributed by atoms with Gasteiger partial charge >= 0.3 is 0 Å². The predicted octanol–water partition coefficient (Wildman–Crippen LogP) is 0.653. The van der Waals surface area contributed by atoms with Crippen molar-refractivity contribution in [2.75, 3.05) is 7.05 Å². The van der Waals surface area contributed by atoms with Crippen LogP contribution in [0.2, 0.25) is 0 Å². The fraction of sp³-hybridized carbons (Fsp3) is 0.727. The average Bonchev–Trinajstić information content (AvgIpc) is 2.74. The molecule has 1 saturated carbocycles. The summed E-state index contributed by atoms with van der Waals surface area (Å²) in [4.78, 5) is 23.0. The minimum atomic E-state index is -0.105. The van der Waals surface area contributed by atoms with Crippen LogP contribution in [-0.2, 0) is 9.59 Å². The number of rotatable bonds is 2. The fourth-order valence-corrected chi connectivity index (χ4v) is 2.17. The zero-order chi connectivity index (χ0) is 11.5. The van der Waals surface area contributed by atoms with E-state index in [1.807, 2.05) is 0 Å². The van der Waals surface area contributed by atoms with Crippen LogP contribution < -0.4 is 5.32 Å². The van der Waals surface area contributed by atoms with Crippen LogP contribution in [0.15, 0.2) is 5.10 Å². The highest BCUT2D eigenvalue weighted by Crippen LogP contribution is 2.18. The van der Waals surface area contributed by atoms with E-state index >= 15 is 0 Å². The number of nitrogens with one attached hydrogen (secondary N) is 1. The molecule has 1 aliphatic heterocycles. The summed E-state index contributed by atoms with van der Waals surface area (Å²) >= 11 is 0. The lowest BCUT2D eigenvalue weighted by Crippen LogP contribution is -2.41. The highest BCUT2D eigenvalue weighted by atomic mass is 16.2. The highest BCUT2D eigenvalue weighted by molar-refractivity contribution is 6.39. The Hall–Kier alpha value is -1.39. The Balaban J connectivity index is 1.94. The molecule has 5 nitrogen and oxygen atoms in total. The molecule has 0 aromatic carbocycles. The third-order valence-electron chi connectivity index (χ3n) is 3.16. The quantitative estimate of drug-likeness (QED) is 0.747. The second kappa shape index (κ2) is 4.63. The van der Waals surface area contributed by atoms with Crippen molar-refractivity contribution in [1.82, 2.24) is 10.3 Å². The zero-order valence-corrected chi connectivity index (χ0v) is 9.53. The number of carbonyl (C=O) groups excluding carboxylic acids is 2. The molecule has 16 heavy (non-hydrogen) atoms. The average molecular weight is 223 g/mol.